The van der Waals surface area contributed by atoms with Gasteiger partial charge in [-0.25, -0.2) is 4.98 Å². The Kier molecular flexibility index (Phi) is 12.9. The summed E-state index contributed by atoms with van der Waals surface area (Å²) in [6.45, 7) is 26.4. The molecule has 0 atom stereocenters. The summed E-state index contributed by atoms with van der Waals surface area (Å²) in [6, 6.07) is 72.8. The first-order valence-corrected chi connectivity index (χ1v) is 31.8. The average Bonchev–Trinajstić information content (AvgIpc) is 1.43. The summed E-state index contributed by atoms with van der Waals surface area (Å²) in [5.74, 6) is 1.80. The summed E-state index contributed by atoms with van der Waals surface area (Å²) in [5.41, 5.74) is 17.6. The molecule has 7 heteroatoms. The van der Waals surface area contributed by atoms with E-state index in [0.29, 0.717) is 28.4 Å². The molecule has 0 amide bonds. The topological polar surface area (TPSA) is 31.8 Å². The maximum Gasteiger partial charge on any atom is 0.135 e. The number of aromatic nitrogens is 1. The van der Waals surface area contributed by atoms with E-state index in [1.54, 1.807) is 0 Å². The summed E-state index contributed by atoms with van der Waals surface area (Å²) >= 11 is 0. The van der Waals surface area contributed by atoms with Crippen LogP contribution in [-0.4, -0.2) is 13.1 Å². The summed E-state index contributed by atoms with van der Waals surface area (Å²) in [7, 11) is -3.01. The molecule has 1 spiro atoms. The van der Waals surface area contributed by atoms with Crippen LogP contribution in [0.1, 0.15) is 97.0 Å². The van der Waals surface area contributed by atoms with Crippen molar-refractivity contribution in [1.29, 1.82) is 0 Å². The van der Waals surface area contributed by atoms with E-state index < -0.39 is 26.2 Å². The van der Waals surface area contributed by atoms with Gasteiger partial charge in [0.25, 0.3) is 0 Å². The standard InChI is InChI=1S/C80H71N4OSi.Pt/c1-52-31-38-72-66(43-52)67-44-53(2)32-39-73(67)86(72)74-30-18-17-29-70(74)84(76-48-59(41-42-81-76)79(6,7)8)71-50-63(37-40-75(71)86)85-62-24-19-23-61(49-62)82-51-83(69-28-16-15-27-68(69)82)77-64(55-21-13-12-14-22-55)25-20-26-65(77)57-45-56(46-60(47-57)80(9,10)11)54-33-35-58(36-34-54)78(3,4)5;/h12-48,51H,1-11H3;/q-3;/i12D,13D,14D,21D,22D;. The van der Waals surface area contributed by atoms with Crippen molar-refractivity contribution in [1.82, 2.24) is 4.98 Å². The molecule has 0 unspecified atom stereocenters. The number of nitrogens with zero attached hydrogens (tertiary/aromatic N) is 4. The molecule has 0 N–H and O–H groups in total. The molecular weight excluding hydrogens is 1260 g/mol. The van der Waals surface area contributed by atoms with E-state index in [1.165, 1.54) is 54.1 Å². The summed E-state index contributed by atoms with van der Waals surface area (Å²) in [6.07, 6.45) is 1.92. The molecule has 3 aliphatic rings. The van der Waals surface area contributed by atoms with Gasteiger partial charge in [-0.2, -0.15) is 12.1 Å². The van der Waals surface area contributed by atoms with Crippen LogP contribution in [-0.2, 0) is 37.3 Å². The zero-order valence-electron chi connectivity index (χ0n) is 56.1. The minimum atomic E-state index is -3.01. The molecule has 5 nitrogen and oxygen atoms in total. The van der Waals surface area contributed by atoms with Gasteiger partial charge in [-0.05, 0) is 132 Å². The fourth-order valence-corrected chi connectivity index (χ4v) is 18.5. The molecule has 0 bridgehead atoms. The minimum Gasteiger partial charge on any atom is -0.509 e. The molecule has 3 aliphatic heterocycles. The Morgan fingerprint density at radius 2 is 1.05 bits per heavy atom. The summed E-state index contributed by atoms with van der Waals surface area (Å²) in [5, 5.41) is 5.21. The van der Waals surface area contributed by atoms with Gasteiger partial charge in [0.1, 0.15) is 13.9 Å². The van der Waals surface area contributed by atoms with Crippen molar-refractivity contribution in [3.63, 3.8) is 0 Å². The normalized spacial score (nSPS) is 14.6. The van der Waals surface area contributed by atoms with Gasteiger partial charge in [0, 0.05) is 72.6 Å². The first-order chi connectivity index (χ1) is 43.4. The number of anilines is 7. The van der Waals surface area contributed by atoms with Gasteiger partial charge in [-0.3, -0.25) is 0 Å². The van der Waals surface area contributed by atoms with Crippen LogP contribution in [0.3, 0.4) is 0 Å². The number of pyridine rings is 1. The Labute approximate surface area is 537 Å². The Balaban J connectivity index is 0.00000773. The van der Waals surface area contributed by atoms with Crippen molar-refractivity contribution in [2.75, 3.05) is 14.7 Å². The van der Waals surface area contributed by atoms with Crippen LogP contribution in [0, 0.1) is 32.6 Å². The predicted molar refractivity (Wildman–Crippen MR) is 363 cm³/mol. The molecule has 87 heavy (non-hydrogen) atoms. The van der Waals surface area contributed by atoms with E-state index in [4.69, 9.17) is 13.8 Å². The predicted octanol–water partition coefficient (Wildman–Crippen LogP) is 18.5. The minimum absolute atomic E-state index is 0. The van der Waals surface area contributed by atoms with Crippen molar-refractivity contribution in [2.24, 2.45) is 0 Å². The molecule has 0 radical (unpaired) electrons. The number of rotatable bonds is 8. The van der Waals surface area contributed by atoms with Crippen LogP contribution >= 0.6 is 0 Å². The Morgan fingerprint density at radius 1 is 0.460 bits per heavy atom. The first-order valence-electron chi connectivity index (χ1n) is 32.3. The monoisotopic (exact) mass is 1330 g/mol. The van der Waals surface area contributed by atoms with E-state index >= 15 is 0 Å². The van der Waals surface area contributed by atoms with Crippen LogP contribution in [0.4, 0.5) is 39.9 Å². The zero-order valence-corrected chi connectivity index (χ0v) is 54.3. The molecule has 14 rings (SSSR count). The number of hydrogen-bond acceptors (Lipinski definition) is 5. The molecule has 0 saturated carbocycles. The van der Waals surface area contributed by atoms with Gasteiger partial charge in [-0.15, -0.1) is 47.9 Å². The van der Waals surface area contributed by atoms with Crippen molar-refractivity contribution in [3.05, 3.63) is 271 Å². The van der Waals surface area contributed by atoms with Crippen molar-refractivity contribution in [2.45, 2.75) is 92.4 Å². The van der Waals surface area contributed by atoms with E-state index in [9.17, 15) is 2.74 Å². The largest absolute Gasteiger partial charge is 0.509 e. The van der Waals surface area contributed by atoms with E-state index in [-0.39, 0.29) is 55.0 Å². The maximum atomic E-state index is 9.42. The molecule has 0 aliphatic carbocycles. The zero-order chi connectivity index (χ0) is 63.8. The molecule has 0 saturated heterocycles. The second-order valence-corrected chi connectivity index (χ2v) is 30.0. The van der Waals surface area contributed by atoms with Crippen LogP contribution in [0.15, 0.2) is 224 Å². The van der Waals surface area contributed by atoms with Gasteiger partial charge in [-0.1, -0.05) is 231 Å². The fourth-order valence-electron chi connectivity index (χ4n) is 13.0. The van der Waals surface area contributed by atoms with Gasteiger partial charge < -0.3 is 19.4 Å². The smallest absolute Gasteiger partial charge is 0.135 e. The Hall–Kier alpha value is -8.54. The Bertz CT molecular complexity index is 4710. The number of aryl methyl sites for hydroxylation is 2. The molecule has 11 aromatic rings. The van der Waals surface area contributed by atoms with Gasteiger partial charge in [0.15, 0.2) is 0 Å². The first kappa shape index (κ1) is 51.7. The molecule has 1 aromatic heterocycles. The molecule has 10 aromatic carbocycles. The van der Waals surface area contributed by atoms with Crippen LogP contribution in [0.25, 0.3) is 44.5 Å². The molecule has 434 valence electrons. The van der Waals surface area contributed by atoms with E-state index in [0.717, 1.165) is 56.4 Å². The second-order valence-electron chi connectivity index (χ2n) is 26.4. The van der Waals surface area contributed by atoms with Crippen molar-refractivity contribution < 1.29 is 32.7 Å². The second kappa shape index (κ2) is 21.7. The van der Waals surface area contributed by atoms with Gasteiger partial charge in [0.2, 0.25) is 0 Å². The van der Waals surface area contributed by atoms with Gasteiger partial charge in [0.05, 0.1) is 6.85 Å². The van der Waals surface area contributed by atoms with E-state index in [2.05, 4.69) is 249 Å². The number of benzene rings is 10. The summed E-state index contributed by atoms with van der Waals surface area (Å²) in [4.78, 5) is 11.6. The quantitative estimate of drug-likeness (QED) is 0.112. The fraction of sp³-hybridized carbons (Fsp3) is 0.175. The molecular formula is C80H71N4OPtSi-3. The third-order valence-corrected chi connectivity index (χ3v) is 22.4. The third-order valence-electron chi connectivity index (χ3n) is 17.5. The number of fused-ring (bicyclic) bond motifs is 10. The third kappa shape index (κ3) is 9.96. The SMILES string of the molecule is [2H]c1c([2H])c([2H])c(-c2cccc(-c3cc(-c4ccc(C(C)(C)C)cc4)cc(C(C)(C)C)c3)c2N2[CH-]N(c3[c-]c(Oc4[c-]c5c(cc4)[Si]4(c6ccc(C)cc6-c6cc(C)ccc64)c4ccccc4N5c4cc(C(C)(C)C)ccn4)ccc3)c3ccccc32)c([2H])c1[2H].[Pt]. The average molecular weight is 1330 g/mol. The molecule has 0 fully saturated rings. The van der Waals surface area contributed by atoms with Gasteiger partial charge >= 0.3 is 0 Å². The molecule has 4 heterocycles. The van der Waals surface area contributed by atoms with Crippen LogP contribution in [0.2, 0.25) is 0 Å². The van der Waals surface area contributed by atoms with Crippen molar-refractivity contribution in [3.8, 4) is 56.0 Å². The van der Waals surface area contributed by atoms with Crippen molar-refractivity contribution >= 4 is 68.8 Å². The maximum absolute atomic E-state index is 9.42. The van der Waals surface area contributed by atoms with E-state index in [1.807, 2.05) is 55.3 Å². The summed E-state index contributed by atoms with van der Waals surface area (Å²) < 4.78 is 52.3. The van der Waals surface area contributed by atoms with Crippen LogP contribution < -0.4 is 40.2 Å². The van der Waals surface area contributed by atoms with Crippen LogP contribution in [0.5, 0.6) is 11.5 Å². The Morgan fingerprint density at radius 3 is 1.71 bits per heavy atom. The number of ether oxygens (including phenoxy) is 1. The number of para-hydroxylation sites is 4. The number of hydrogen-bond donors (Lipinski definition) is 0.